The third-order valence-electron chi connectivity index (χ3n) is 4.93. The Balaban J connectivity index is 1.49. The summed E-state index contributed by atoms with van der Waals surface area (Å²) in [5.74, 6) is 1.81. The van der Waals surface area contributed by atoms with Crippen LogP contribution in [0.3, 0.4) is 0 Å². The van der Waals surface area contributed by atoms with Crippen LogP contribution in [0.15, 0.2) is 53.7 Å². The van der Waals surface area contributed by atoms with Gasteiger partial charge >= 0.3 is 0 Å². The second-order valence-corrected chi connectivity index (χ2v) is 8.22. The number of ether oxygens (including phenoxy) is 1. The Morgan fingerprint density at radius 1 is 1.13 bits per heavy atom. The van der Waals surface area contributed by atoms with Crippen molar-refractivity contribution >= 4 is 17.7 Å². The fourth-order valence-electron chi connectivity index (χ4n) is 3.02. The first-order valence-corrected chi connectivity index (χ1v) is 11.0. The molecule has 0 aliphatic carbocycles. The molecular weight excluding hydrogens is 396 g/mol. The van der Waals surface area contributed by atoms with E-state index in [-0.39, 0.29) is 12.0 Å². The van der Waals surface area contributed by atoms with Crippen LogP contribution in [0.5, 0.6) is 5.75 Å². The van der Waals surface area contributed by atoms with Gasteiger partial charge in [0.05, 0.1) is 5.75 Å². The van der Waals surface area contributed by atoms with Crippen molar-refractivity contribution in [3.05, 3.63) is 71.0 Å². The lowest BCUT2D eigenvalue weighted by molar-refractivity contribution is -0.118. The summed E-state index contributed by atoms with van der Waals surface area (Å²) in [6.45, 7) is 6.71. The number of aromatic nitrogens is 3. The molecule has 0 saturated heterocycles. The number of amides is 1. The normalized spacial score (nSPS) is 11.9. The first-order chi connectivity index (χ1) is 14.4. The molecule has 0 spiro atoms. The standard InChI is InChI=1S/C23H28N4O2S/c1-16-10-11-20(14-17(16)2)29-18(3)22-25-26-23(27(22)4)30-15-21(28)24-13-12-19-8-6-5-7-9-19/h5-11,14,18H,12-13,15H2,1-4H3,(H,24,28). The largest absolute Gasteiger partial charge is 0.483 e. The van der Waals surface area contributed by atoms with Gasteiger partial charge in [-0.2, -0.15) is 0 Å². The number of carbonyl (C=O) groups is 1. The number of hydrogen-bond acceptors (Lipinski definition) is 5. The summed E-state index contributed by atoms with van der Waals surface area (Å²) in [5, 5.41) is 12.1. The molecule has 0 fully saturated rings. The van der Waals surface area contributed by atoms with Gasteiger partial charge in [-0.15, -0.1) is 10.2 Å². The molecule has 0 aliphatic heterocycles. The van der Waals surface area contributed by atoms with Crippen molar-refractivity contribution in [3.8, 4) is 5.75 Å². The summed E-state index contributed by atoms with van der Waals surface area (Å²) in [6, 6.07) is 16.1. The second-order valence-electron chi connectivity index (χ2n) is 7.28. The lowest BCUT2D eigenvalue weighted by atomic mass is 10.1. The fourth-order valence-corrected chi connectivity index (χ4v) is 3.77. The highest BCUT2D eigenvalue weighted by Gasteiger charge is 2.18. The van der Waals surface area contributed by atoms with Gasteiger partial charge in [-0.3, -0.25) is 4.79 Å². The lowest BCUT2D eigenvalue weighted by Crippen LogP contribution is -2.27. The third kappa shape index (κ3) is 5.86. The smallest absolute Gasteiger partial charge is 0.230 e. The zero-order valence-electron chi connectivity index (χ0n) is 17.9. The Kier molecular flexibility index (Phi) is 7.52. The van der Waals surface area contributed by atoms with Crippen LogP contribution in [-0.4, -0.2) is 33.0 Å². The van der Waals surface area contributed by atoms with E-state index in [1.165, 1.54) is 28.5 Å². The van der Waals surface area contributed by atoms with Crippen molar-refractivity contribution in [1.29, 1.82) is 0 Å². The van der Waals surface area contributed by atoms with E-state index < -0.39 is 0 Å². The quantitative estimate of drug-likeness (QED) is 0.526. The molecule has 0 saturated carbocycles. The molecule has 0 bridgehead atoms. The van der Waals surface area contributed by atoms with Crippen LogP contribution in [0, 0.1) is 13.8 Å². The Labute approximate surface area is 182 Å². The number of aryl methyl sites for hydroxylation is 2. The van der Waals surface area contributed by atoms with Gasteiger partial charge in [0.15, 0.2) is 17.1 Å². The minimum Gasteiger partial charge on any atom is -0.483 e. The van der Waals surface area contributed by atoms with E-state index in [1.807, 2.05) is 54.9 Å². The Bertz CT molecular complexity index is 988. The Morgan fingerprint density at radius 2 is 1.90 bits per heavy atom. The van der Waals surface area contributed by atoms with Crippen molar-refractivity contribution in [2.75, 3.05) is 12.3 Å². The molecule has 1 N–H and O–H groups in total. The second kappa shape index (κ2) is 10.3. The topological polar surface area (TPSA) is 69.0 Å². The molecule has 2 aromatic carbocycles. The summed E-state index contributed by atoms with van der Waals surface area (Å²) in [5.41, 5.74) is 3.63. The van der Waals surface area contributed by atoms with Crippen LogP contribution < -0.4 is 10.1 Å². The number of hydrogen-bond donors (Lipinski definition) is 1. The molecule has 3 rings (SSSR count). The van der Waals surface area contributed by atoms with E-state index in [4.69, 9.17) is 4.74 Å². The molecule has 30 heavy (non-hydrogen) atoms. The van der Waals surface area contributed by atoms with E-state index >= 15 is 0 Å². The van der Waals surface area contributed by atoms with E-state index in [0.717, 1.165) is 18.0 Å². The Morgan fingerprint density at radius 3 is 2.63 bits per heavy atom. The first-order valence-electron chi connectivity index (χ1n) is 10.0. The maximum absolute atomic E-state index is 12.1. The van der Waals surface area contributed by atoms with Crippen molar-refractivity contribution < 1.29 is 9.53 Å². The average molecular weight is 425 g/mol. The van der Waals surface area contributed by atoms with E-state index in [0.29, 0.717) is 17.5 Å². The molecule has 1 atom stereocenters. The third-order valence-corrected chi connectivity index (χ3v) is 5.95. The zero-order chi connectivity index (χ0) is 21.5. The average Bonchev–Trinajstić information content (AvgIpc) is 3.10. The summed E-state index contributed by atoms with van der Waals surface area (Å²) < 4.78 is 7.92. The summed E-state index contributed by atoms with van der Waals surface area (Å²) in [6.07, 6.45) is 0.567. The lowest BCUT2D eigenvalue weighted by Gasteiger charge is -2.15. The number of nitrogens with zero attached hydrogens (tertiary/aromatic N) is 3. The van der Waals surface area contributed by atoms with Gasteiger partial charge in [0.1, 0.15) is 5.75 Å². The van der Waals surface area contributed by atoms with Gasteiger partial charge in [-0.25, -0.2) is 0 Å². The SMILES string of the molecule is Cc1ccc(OC(C)c2nnc(SCC(=O)NCCc3ccccc3)n2C)cc1C. The number of benzene rings is 2. The molecular formula is C23H28N4O2S. The van der Waals surface area contributed by atoms with Crippen molar-refractivity contribution in [3.63, 3.8) is 0 Å². The number of thioether (sulfide) groups is 1. The van der Waals surface area contributed by atoms with Gasteiger partial charge in [0.25, 0.3) is 0 Å². The van der Waals surface area contributed by atoms with Crippen LogP contribution in [0.25, 0.3) is 0 Å². The van der Waals surface area contributed by atoms with Crippen LogP contribution >= 0.6 is 11.8 Å². The number of carbonyl (C=O) groups excluding carboxylic acids is 1. The van der Waals surface area contributed by atoms with Gasteiger partial charge in [-0.1, -0.05) is 48.2 Å². The molecule has 1 unspecified atom stereocenters. The maximum Gasteiger partial charge on any atom is 0.230 e. The van der Waals surface area contributed by atoms with E-state index in [2.05, 4.69) is 41.5 Å². The monoisotopic (exact) mass is 424 g/mol. The highest BCUT2D eigenvalue weighted by atomic mass is 32.2. The first kappa shape index (κ1) is 21.9. The van der Waals surface area contributed by atoms with E-state index in [1.54, 1.807) is 0 Å². The molecule has 1 heterocycles. The minimum absolute atomic E-state index is 0.0140. The molecule has 3 aromatic rings. The van der Waals surface area contributed by atoms with Crippen LogP contribution in [0.4, 0.5) is 0 Å². The summed E-state index contributed by atoms with van der Waals surface area (Å²) in [4.78, 5) is 12.1. The van der Waals surface area contributed by atoms with Gasteiger partial charge in [0.2, 0.25) is 5.91 Å². The van der Waals surface area contributed by atoms with Crippen molar-refractivity contribution in [2.24, 2.45) is 7.05 Å². The molecule has 158 valence electrons. The molecule has 7 heteroatoms. The molecule has 6 nitrogen and oxygen atoms in total. The molecule has 1 aromatic heterocycles. The van der Waals surface area contributed by atoms with Crippen molar-refractivity contribution in [2.45, 2.75) is 38.5 Å². The molecule has 0 aliphatic rings. The van der Waals surface area contributed by atoms with Gasteiger partial charge in [-0.05, 0) is 56.0 Å². The van der Waals surface area contributed by atoms with Gasteiger partial charge < -0.3 is 14.6 Å². The molecule has 0 radical (unpaired) electrons. The summed E-state index contributed by atoms with van der Waals surface area (Å²) >= 11 is 1.37. The minimum atomic E-state index is -0.251. The van der Waals surface area contributed by atoms with Crippen LogP contribution in [-0.2, 0) is 18.3 Å². The molecule has 1 amide bonds. The number of nitrogens with one attached hydrogen (secondary N) is 1. The highest BCUT2D eigenvalue weighted by Crippen LogP contribution is 2.25. The fraction of sp³-hybridized carbons (Fsp3) is 0.348. The highest BCUT2D eigenvalue weighted by molar-refractivity contribution is 7.99. The van der Waals surface area contributed by atoms with Gasteiger partial charge in [0, 0.05) is 13.6 Å². The van der Waals surface area contributed by atoms with Crippen LogP contribution in [0.1, 0.15) is 35.5 Å². The predicted molar refractivity (Wildman–Crippen MR) is 120 cm³/mol. The van der Waals surface area contributed by atoms with Crippen LogP contribution in [0.2, 0.25) is 0 Å². The zero-order valence-corrected chi connectivity index (χ0v) is 18.7. The number of rotatable bonds is 9. The maximum atomic E-state index is 12.1. The predicted octanol–water partition coefficient (Wildman–Crippen LogP) is 4.02. The summed E-state index contributed by atoms with van der Waals surface area (Å²) in [7, 11) is 1.89. The Hall–Kier alpha value is -2.80. The van der Waals surface area contributed by atoms with Crippen molar-refractivity contribution in [1.82, 2.24) is 20.1 Å². The van der Waals surface area contributed by atoms with E-state index in [9.17, 15) is 4.79 Å².